The van der Waals surface area contributed by atoms with Crippen LogP contribution in [-0.2, 0) is 4.74 Å². The van der Waals surface area contributed by atoms with E-state index in [0.717, 1.165) is 15.8 Å². The Bertz CT molecular complexity index is 1080. The molecule has 1 aliphatic rings. The zero-order valence-corrected chi connectivity index (χ0v) is 17.2. The normalized spacial score (nSPS) is 14.1. The fourth-order valence-electron chi connectivity index (χ4n) is 2.92. The van der Waals surface area contributed by atoms with Crippen LogP contribution in [0.4, 0.5) is 9.93 Å². The highest BCUT2D eigenvalue weighted by molar-refractivity contribution is 7.22. The first kappa shape index (κ1) is 19.6. The molecule has 1 aliphatic heterocycles. The number of rotatable bonds is 3. The van der Waals surface area contributed by atoms with E-state index in [-0.39, 0.29) is 11.3 Å². The summed E-state index contributed by atoms with van der Waals surface area (Å²) in [6, 6.07) is 10.4. The minimum absolute atomic E-state index is 0.139. The second kappa shape index (κ2) is 8.36. The maximum atomic E-state index is 12.9. The van der Waals surface area contributed by atoms with Crippen LogP contribution < -0.4 is 10.1 Å². The molecule has 29 heavy (non-hydrogen) atoms. The number of morpholine rings is 1. The number of aryl methyl sites for hydroxylation is 1. The van der Waals surface area contributed by atoms with E-state index in [1.165, 1.54) is 28.4 Å². The third-order valence-corrected chi connectivity index (χ3v) is 5.59. The van der Waals surface area contributed by atoms with Crippen molar-refractivity contribution in [3.8, 4) is 5.75 Å². The number of halogens is 1. The lowest BCUT2D eigenvalue weighted by molar-refractivity contribution is 0.0415. The summed E-state index contributed by atoms with van der Waals surface area (Å²) in [5.41, 5.74) is 2.08. The van der Waals surface area contributed by atoms with Crippen LogP contribution in [0.2, 0.25) is 5.02 Å². The average Bonchev–Trinajstić information content (AvgIpc) is 3.11. The summed E-state index contributed by atoms with van der Waals surface area (Å²) in [5.74, 6) is -0.312. The third-order valence-electron chi connectivity index (χ3n) is 4.42. The van der Waals surface area contributed by atoms with Gasteiger partial charge in [0.25, 0.3) is 5.91 Å². The minimum atomic E-state index is -0.528. The van der Waals surface area contributed by atoms with Gasteiger partial charge in [-0.1, -0.05) is 29.0 Å². The zero-order valence-electron chi connectivity index (χ0n) is 15.6. The van der Waals surface area contributed by atoms with Crippen LogP contribution in [0.5, 0.6) is 5.75 Å². The predicted molar refractivity (Wildman–Crippen MR) is 112 cm³/mol. The number of fused-ring (bicyclic) bond motifs is 1. The number of thiazole rings is 1. The summed E-state index contributed by atoms with van der Waals surface area (Å²) < 4.78 is 11.7. The van der Waals surface area contributed by atoms with Crippen LogP contribution >= 0.6 is 22.9 Å². The number of aromatic nitrogens is 1. The van der Waals surface area contributed by atoms with Gasteiger partial charge in [0.05, 0.1) is 29.0 Å². The Morgan fingerprint density at radius 1 is 1.21 bits per heavy atom. The van der Waals surface area contributed by atoms with Crippen LogP contribution in [0.25, 0.3) is 10.2 Å². The van der Waals surface area contributed by atoms with Gasteiger partial charge in [0, 0.05) is 18.1 Å². The molecule has 3 aromatic rings. The molecule has 2 heterocycles. The van der Waals surface area contributed by atoms with E-state index in [2.05, 4.69) is 10.3 Å². The SMILES string of the molecule is Cc1ccc2nc(NC(=O)c3cc(Cl)ccc3OC(=O)N3CCOCC3)sc2c1. The Morgan fingerprint density at radius 3 is 2.79 bits per heavy atom. The number of amides is 2. The summed E-state index contributed by atoms with van der Waals surface area (Å²) in [5, 5.41) is 3.59. The van der Waals surface area contributed by atoms with E-state index in [9.17, 15) is 9.59 Å². The Balaban J connectivity index is 1.55. The number of anilines is 1. The van der Waals surface area contributed by atoms with E-state index >= 15 is 0 Å². The van der Waals surface area contributed by atoms with E-state index in [0.29, 0.717) is 36.5 Å². The highest BCUT2D eigenvalue weighted by Crippen LogP contribution is 2.29. The highest BCUT2D eigenvalue weighted by atomic mass is 35.5. The minimum Gasteiger partial charge on any atom is -0.409 e. The van der Waals surface area contributed by atoms with Gasteiger partial charge in [0.15, 0.2) is 5.13 Å². The molecule has 0 radical (unpaired) electrons. The van der Waals surface area contributed by atoms with Crippen molar-refractivity contribution in [2.24, 2.45) is 0 Å². The second-order valence-corrected chi connectivity index (χ2v) is 8.02. The van der Waals surface area contributed by atoms with Gasteiger partial charge >= 0.3 is 6.09 Å². The van der Waals surface area contributed by atoms with Gasteiger partial charge in [0.1, 0.15) is 5.75 Å². The Morgan fingerprint density at radius 2 is 2.00 bits per heavy atom. The van der Waals surface area contributed by atoms with Crippen molar-refractivity contribution >= 4 is 50.3 Å². The predicted octanol–water partition coefficient (Wildman–Crippen LogP) is 4.34. The van der Waals surface area contributed by atoms with Gasteiger partial charge in [-0.3, -0.25) is 10.1 Å². The van der Waals surface area contributed by atoms with Crippen molar-refractivity contribution < 1.29 is 19.1 Å². The van der Waals surface area contributed by atoms with Gasteiger partial charge in [-0.2, -0.15) is 0 Å². The second-order valence-electron chi connectivity index (χ2n) is 6.55. The van der Waals surface area contributed by atoms with Crippen LogP contribution in [0.15, 0.2) is 36.4 Å². The highest BCUT2D eigenvalue weighted by Gasteiger charge is 2.22. The van der Waals surface area contributed by atoms with Crippen molar-refractivity contribution in [3.63, 3.8) is 0 Å². The molecule has 1 saturated heterocycles. The van der Waals surface area contributed by atoms with Crippen LogP contribution in [0, 0.1) is 6.92 Å². The van der Waals surface area contributed by atoms with Crippen molar-refractivity contribution in [1.82, 2.24) is 9.88 Å². The molecule has 0 saturated carbocycles. The molecular weight excluding hydrogens is 414 g/mol. The average molecular weight is 432 g/mol. The maximum absolute atomic E-state index is 12.9. The van der Waals surface area contributed by atoms with Gasteiger partial charge in [-0.15, -0.1) is 0 Å². The lowest BCUT2D eigenvalue weighted by atomic mass is 10.2. The molecule has 0 spiro atoms. The number of nitrogens with zero attached hydrogens (tertiary/aromatic N) is 2. The molecule has 0 unspecified atom stereocenters. The van der Waals surface area contributed by atoms with E-state index in [1.54, 1.807) is 6.07 Å². The first-order chi connectivity index (χ1) is 14.0. The molecule has 2 amide bonds. The fourth-order valence-corrected chi connectivity index (χ4v) is 4.05. The van der Waals surface area contributed by atoms with E-state index < -0.39 is 12.0 Å². The zero-order chi connectivity index (χ0) is 20.4. The molecule has 1 fully saturated rings. The topological polar surface area (TPSA) is 80.8 Å². The van der Waals surface area contributed by atoms with Crippen molar-refractivity contribution in [2.45, 2.75) is 6.92 Å². The summed E-state index contributed by atoms with van der Waals surface area (Å²) in [6.45, 7) is 3.80. The molecule has 0 atom stereocenters. The first-order valence-electron chi connectivity index (χ1n) is 9.02. The number of carbonyl (C=O) groups excluding carboxylic acids is 2. The fraction of sp³-hybridized carbons (Fsp3) is 0.250. The van der Waals surface area contributed by atoms with E-state index in [1.807, 2.05) is 25.1 Å². The smallest absolute Gasteiger partial charge is 0.409 e. The number of carbonyl (C=O) groups is 2. The molecular formula is C20H18ClN3O4S. The molecule has 1 N–H and O–H groups in total. The van der Waals surface area contributed by atoms with Gasteiger partial charge in [-0.05, 0) is 42.8 Å². The molecule has 9 heteroatoms. The van der Waals surface area contributed by atoms with Crippen LogP contribution in [0.3, 0.4) is 0 Å². The van der Waals surface area contributed by atoms with Crippen molar-refractivity contribution in [2.75, 3.05) is 31.6 Å². The molecule has 4 rings (SSSR count). The molecule has 1 aromatic heterocycles. The van der Waals surface area contributed by atoms with Gasteiger partial charge < -0.3 is 14.4 Å². The standard InChI is InChI=1S/C20H18ClN3O4S/c1-12-2-4-15-17(10-12)29-19(22-15)23-18(25)14-11-13(21)3-5-16(14)28-20(26)24-6-8-27-9-7-24/h2-5,10-11H,6-9H2,1H3,(H,22,23,25). The van der Waals surface area contributed by atoms with Crippen LogP contribution in [0.1, 0.15) is 15.9 Å². The summed E-state index contributed by atoms with van der Waals surface area (Å²) in [7, 11) is 0. The Kier molecular flexibility index (Phi) is 5.66. The van der Waals surface area contributed by atoms with Crippen molar-refractivity contribution in [1.29, 1.82) is 0 Å². The lowest BCUT2D eigenvalue weighted by Gasteiger charge is -2.26. The van der Waals surface area contributed by atoms with E-state index in [4.69, 9.17) is 21.1 Å². The molecule has 150 valence electrons. The summed E-state index contributed by atoms with van der Waals surface area (Å²) in [4.78, 5) is 31.2. The molecule has 0 aliphatic carbocycles. The quantitative estimate of drug-likeness (QED) is 0.667. The summed E-state index contributed by atoms with van der Waals surface area (Å²) >= 11 is 7.45. The molecule has 0 bridgehead atoms. The third kappa shape index (κ3) is 4.50. The lowest BCUT2D eigenvalue weighted by Crippen LogP contribution is -2.42. The van der Waals surface area contributed by atoms with Gasteiger partial charge in [-0.25, -0.2) is 9.78 Å². The van der Waals surface area contributed by atoms with Crippen LogP contribution in [-0.4, -0.2) is 48.2 Å². The number of hydrogen-bond donors (Lipinski definition) is 1. The number of nitrogens with one attached hydrogen (secondary N) is 1. The summed E-state index contributed by atoms with van der Waals surface area (Å²) in [6.07, 6.45) is -0.528. The molecule has 2 aromatic carbocycles. The number of ether oxygens (including phenoxy) is 2. The number of benzene rings is 2. The van der Waals surface area contributed by atoms with Gasteiger partial charge in [0.2, 0.25) is 0 Å². The molecule has 7 nitrogen and oxygen atoms in total. The number of hydrogen-bond acceptors (Lipinski definition) is 6. The van der Waals surface area contributed by atoms with Crippen molar-refractivity contribution in [3.05, 3.63) is 52.5 Å². The Hall–Kier alpha value is -2.68. The monoisotopic (exact) mass is 431 g/mol. The first-order valence-corrected chi connectivity index (χ1v) is 10.2. The Labute approximate surface area is 176 Å². The largest absolute Gasteiger partial charge is 0.415 e. The maximum Gasteiger partial charge on any atom is 0.415 e.